The number of nitrogens with one attached hydrogen (secondary N) is 1. The Hall–Kier alpha value is -2.38. The maximum atomic E-state index is 12.8. The number of carbonyl (C=O) groups is 1. The van der Waals surface area contributed by atoms with Gasteiger partial charge < -0.3 is 9.73 Å². The van der Waals surface area contributed by atoms with E-state index in [1.807, 2.05) is 13.8 Å². The van der Waals surface area contributed by atoms with E-state index in [0.717, 1.165) is 5.57 Å². The molecule has 0 fully saturated rings. The smallest absolute Gasteiger partial charge is 0.256 e. The second kappa shape index (κ2) is 5.92. The highest BCUT2D eigenvalue weighted by Crippen LogP contribution is 2.35. The van der Waals surface area contributed by atoms with Gasteiger partial charge in [-0.05, 0) is 44.2 Å². The zero-order chi connectivity index (χ0) is 17.5. The first kappa shape index (κ1) is 16.5. The van der Waals surface area contributed by atoms with Gasteiger partial charge in [-0.2, -0.15) is 4.31 Å². The van der Waals surface area contributed by atoms with Gasteiger partial charge in [0.15, 0.2) is 0 Å². The molecular formula is C17H18N2O4S. The number of amides is 1. The largest absolute Gasteiger partial charge is 0.468 e. The summed E-state index contributed by atoms with van der Waals surface area (Å²) in [7, 11) is -2.20. The zero-order valence-corrected chi connectivity index (χ0v) is 14.5. The Kier molecular flexibility index (Phi) is 4.06. The summed E-state index contributed by atoms with van der Waals surface area (Å²) in [6.07, 6.45) is 1.50. The molecule has 1 amide bonds. The third kappa shape index (κ3) is 2.76. The van der Waals surface area contributed by atoms with E-state index < -0.39 is 10.0 Å². The number of fused-ring (bicyclic) bond motifs is 1. The van der Waals surface area contributed by atoms with E-state index in [-0.39, 0.29) is 17.3 Å². The fourth-order valence-electron chi connectivity index (χ4n) is 2.69. The second-order valence-electron chi connectivity index (χ2n) is 5.88. The number of hydrogen-bond donors (Lipinski definition) is 1. The molecule has 3 rings (SSSR count). The number of rotatable bonds is 4. The lowest BCUT2D eigenvalue weighted by molar-refractivity contribution is -0.110. The molecule has 1 aromatic carbocycles. The maximum absolute atomic E-state index is 12.8. The van der Waals surface area contributed by atoms with Crippen molar-refractivity contribution < 1.29 is 17.6 Å². The number of allylic oxidation sites excluding steroid dienone is 1. The lowest BCUT2D eigenvalue weighted by atomic mass is 10.0. The van der Waals surface area contributed by atoms with Crippen molar-refractivity contribution >= 4 is 27.2 Å². The molecule has 0 saturated carbocycles. The molecule has 1 aliphatic heterocycles. The fraction of sp³-hybridized carbons (Fsp3) is 0.235. The van der Waals surface area contributed by atoms with Gasteiger partial charge in [0, 0.05) is 23.9 Å². The second-order valence-corrected chi connectivity index (χ2v) is 7.92. The maximum Gasteiger partial charge on any atom is 0.256 e. The minimum Gasteiger partial charge on any atom is -0.468 e. The monoisotopic (exact) mass is 346 g/mol. The fourth-order valence-corrected chi connectivity index (χ4v) is 3.85. The summed E-state index contributed by atoms with van der Waals surface area (Å²) in [5, 5.41) is 2.75. The Morgan fingerprint density at radius 1 is 1.25 bits per heavy atom. The SMILES string of the molecule is CC(C)=C1C(=O)Nc2ccc(S(=O)(=O)N(C)Cc3ccco3)cc21. The molecule has 0 saturated heterocycles. The Bertz CT molecular complexity index is 924. The van der Waals surface area contributed by atoms with Gasteiger partial charge in [-0.15, -0.1) is 0 Å². The summed E-state index contributed by atoms with van der Waals surface area (Å²) in [6.45, 7) is 3.79. The van der Waals surface area contributed by atoms with Gasteiger partial charge in [0.25, 0.3) is 5.91 Å². The van der Waals surface area contributed by atoms with Crippen LogP contribution in [0.5, 0.6) is 0 Å². The number of carbonyl (C=O) groups excluding carboxylic acids is 1. The van der Waals surface area contributed by atoms with Crippen LogP contribution in [0.1, 0.15) is 25.2 Å². The third-order valence-corrected chi connectivity index (χ3v) is 5.70. The Morgan fingerprint density at radius 2 is 2.00 bits per heavy atom. The third-order valence-electron chi connectivity index (χ3n) is 3.90. The molecule has 7 heteroatoms. The lowest BCUT2D eigenvalue weighted by Gasteiger charge is -2.16. The van der Waals surface area contributed by atoms with Crippen molar-refractivity contribution in [2.45, 2.75) is 25.3 Å². The van der Waals surface area contributed by atoms with Crippen molar-refractivity contribution in [1.29, 1.82) is 0 Å². The topological polar surface area (TPSA) is 79.6 Å². The van der Waals surface area contributed by atoms with Crippen molar-refractivity contribution in [3.63, 3.8) is 0 Å². The summed E-state index contributed by atoms with van der Waals surface area (Å²) in [4.78, 5) is 12.2. The number of anilines is 1. The highest BCUT2D eigenvalue weighted by Gasteiger charge is 2.29. The molecule has 1 aliphatic rings. The van der Waals surface area contributed by atoms with Crippen molar-refractivity contribution in [1.82, 2.24) is 4.31 Å². The highest BCUT2D eigenvalue weighted by atomic mass is 32.2. The van der Waals surface area contributed by atoms with Crippen molar-refractivity contribution in [3.05, 3.63) is 53.5 Å². The van der Waals surface area contributed by atoms with Gasteiger partial charge in [-0.25, -0.2) is 8.42 Å². The number of furan rings is 1. The van der Waals surface area contributed by atoms with Crippen LogP contribution >= 0.6 is 0 Å². The minimum atomic E-state index is -3.69. The van der Waals surface area contributed by atoms with Crippen molar-refractivity contribution in [2.24, 2.45) is 0 Å². The van der Waals surface area contributed by atoms with Crippen molar-refractivity contribution in [2.75, 3.05) is 12.4 Å². The van der Waals surface area contributed by atoms with E-state index >= 15 is 0 Å². The molecule has 126 valence electrons. The van der Waals surface area contributed by atoms with Crippen LogP contribution in [0.15, 0.2) is 51.5 Å². The molecule has 0 atom stereocenters. The van der Waals surface area contributed by atoms with Crippen LogP contribution in [0.4, 0.5) is 5.69 Å². The van der Waals surface area contributed by atoms with Gasteiger partial charge >= 0.3 is 0 Å². The Morgan fingerprint density at radius 3 is 2.62 bits per heavy atom. The molecule has 6 nitrogen and oxygen atoms in total. The van der Waals surface area contributed by atoms with Gasteiger partial charge in [-0.1, -0.05) is 5.57 Å². The highest BCUT2D eigenvalue weighted by molar-refractivity contribution is 7.89. The van der Waals surface area contributed by atoms with Crippen LogP contribution in [0.2, 0.25) is 0 Å². The molecule has 1 N–H and O–H groups in total. The first-order valence-electron chi connectivity index (χ1n) is 7.42. The Labute approximate surface area is 140 Å². The molecule has 0 spiro atoms. The van der Waals surface area contributed by atoms with Gasteiger partial charge in [0.05, 0.1) is 17.7 Å². The average molecular weight is 346 g/mol. The minimum absolute atomic E-state index is 0.138. The van der Waals surface area contributed by atoms with E-state index in [4.69, 9.17) is 4.42 Å². The standard InChI is InChI=1S/C17H18N2O4S/c1-11(2)16-14-9-13(6-7-15(14)18-17(16)20)24(21,22)19(3)10-12-5-4-8-23-12/h4-9H,10H2,1-3H3,(H,18,20). The molecule has 2 aromatic rings. The summed E-state index contributed by atoms with van der Waals surface area (Å²) in [5.74, 6) is 0.354. The normalized spacial score (nSPS) is 14.0. The lowest BCUT2D eigenvalue weighted by Crippen LogP contribution is -2.26. The summed E-state index contributed by atoms with van der Waals surface area (Å²) in [5.41, 5.74) is 2.61. The first-order chi connectivity index (χ1) is 11.3. The Balaban J connectivity index is 1.99. The molecule has 0 aliphatic carbocycles. The average Bonchev–Trinajstić information content (AvgIpc) is 3.12. The molecular weight excluding hydrogens is 328 g/mol. The molecule has 0 radical (unpaired) electrons. The number of benzene rings is 1. The van der Waals surface area contributed by atoms with Crippen LogP contribution in [0.3, 0.4) is 0 Å². The summed E-state index contributed by atoms with van der Waals surface area (Å²) in [6, 6.07) is 8.10. The van der Waals surface area contributed by atoms with Crippen LogP contribution < -0.4 is 5.32 Å². The molecule has 24 heavy (non-hydrogen) atoms. The van der Waals surface area contributed by atoms with E-state index in [1.54, 1.807) is 24.3 Å². The van der Waals surface area contributed by atoms with Gasteiger partial charge in [0.1, 0.15) is 5.76 Å². The number of nitrogens with zero attached hydrogens (tertiary/aromatic N) is 1. The van der Waals surface area contributed by atoms with Crippen LogP contribution in [-0.2, 0) is 21.4 Å². The molecule has 0 unspecified atom stereocenters. The molecule has 0 bridgehead atoms. The first-order valence-corrected chi connectivity index (χ1v) is 8.86. The zero-order valence-electron chi connectivity index (χ0n) is 13.7. The predicted molar refractivity (Wildman–Crippen MR) is 90.7 cm³/mol. The molecule has 2 heterocycles. The predicted octanol–water partition coefficient (Wildman–Crippen LogP) is 2.85. The van der Waals surface area contributed by atoms with Crippen LogP contribution in [0.25, 0.3) is 5.57 Å². The summed E-state index contributed by atoms with van der Waals surface area (Å²) >= 11 is 0. The van der Waals surface area contributed by atoms with Gasteiger partial charge in [0.2, 0.25) is 10.0 Å². The van der Waals surface area contributed by atoms with E-state index in [2.05, 4.69) is 5.32 Å². The van der Waals surface area contributed by atoms with Crippen molar-refractivity contribution in [3.8, 4) is 0 Å². The van der Waals surface area contributed by atoms with Gasteiger partial charge in [-0.3, -0.25) is 4.79 Å². The molecule has 1 aromatic heterocycles. The summed E-state index contributed by atoms with van der Waals surface area (Å²) < 4.78 is 32.0. The van der Waals surface area contributed by atoms with Crippen LogP contribution in [0, 0.1) is 0 Å². The van der Waals surface area contributed by atoms with Crippen LogP contribution in [-0.4, -0.2) is 25.7 Å². The van der Waals surface area contributed by atoms with E-state index in [1.165, 1.54) is 23.7 Å². The number of hydrogen-bond acceptors (Lipinski definition) is 4. The number of sulfonamides is 1. The van der Waals surface area contributed by atoms with E-state index in [9.17, 15) is 13.2 Å². The van der Waals surface area contributed by atoms with E-state index in [0.29, 0.717) is 22.6 Å². The quantitative estimate of drug-likeness (QED) is 0.863.